The number of likely N-dealkylation sites (tertiary alicyclic amines) is 1. The highest BCUT2D eigenvalue weighted by molar-refractivity contribution is 5.96. The number of carbonyl (C=O) groups is 1. The second kappa shape index (κ2) is 5.91. The highest BCUT2D eigenvalue weighted by Crippen LogP contribution is 2.21. The van der Waals surface area contributed by atoms with Gasteiger partial charge in [-0.2, -0.15) is 0 Å². The van der Waals surface area contributed by atoms with E-state index in [9.17, 15) is 9.59 Å². The molecule has 5 nitrogen and oxygen atoms in total. The number of rotatable bonds is 3. The minimum Gasteiger partial charge on any atom is -0.486 e. The van der Waals surface area contributed by atoms with Crippen LogP contribution in [0.25, 0.3) is 0 Å². The van der Waals surface area contributed by atoms with E-state index in [1.165, 1.54) is 6.07 Å². The van der Waals surface area contributed by atoms with Crippen LogP contribution in [-0.4, -0.2) is 30.0 Å². The molecule has 2 aromatic rings. The van der Waals surface area contributed by atoms with Crippen LogP contribution in [0.4, 0.5) is 0 Å². The van der Waals surface area contributed by atoms with Crippen molar-refractivity contribution in [3.63, 3.8) is 0 Å². The van der Waals surface area contributed by atoms with Crippen LogP contribution in [0.15, 0.2) is 39.5 Å². The van der Waals surface area contributed by atoms with Crippen LogP contribution in [0.2, 0.25) is 0 Å². The molecule has 1 fully saturated rings. The van der Waals surface area contributed by atoms with E-state index >= 15 is 0 Å². The van der Waals surface area contributed by atoms with Crippen molar-refractivity contribution in [2.24, 2.45) is 0 Å². The number of benzene rings is 1. The van der Waals surface area contributed by atoms with E-state index in [1.54, 1.807) is 17.9 Å². The maximum Gasteiger partial charge on any atom is 0.339 e. The highest BCUT2D eigenvalue weighted by Gasteiger charge is 2.33. The normalized spacial score (nSPS) is 14.5. The molecule has 0 atom stereocenters. The van der Waals surface area contributed by atoms with Gasteiger partial charge in [-0.25, -0.2) is 4.79 Å². The fourth-order valence-electron chi connectivity index (χ4n) is 2.74. The first-order chi connectivity index (χ1) is 10.9. The van der Waals surface area contributed by atoms with E-state index < -0.39 is 5.63 Å². The van der Waals surface area contributed by atoms with E-state index in [-0.39, 0.29) is 12.0 Å². The van der Waals surface area contributed by atoms with Gasteiger partial charge in [0.25, 0.3) is 5.91 Å². The molecule has 23 heavy (non-hydrogen) atoms. The van der Waals surface area contributed by atoms with Crippen molar-refractivity contribution in [3.05, 3.63) is 63.2 Å². The Morgan fingerprint density at radius 3 is 2.57 bits per heavy atom. The minimum atomic E-state index is -0.428. The van der Waals surface area contributed by atoms with Gasteiger partial charge in [0.1, 0.15) is 17.6 Å². The summed E-state index contributed by atoms with van der Waals surface area (Å²) >= 11 is 0. The first kappa shape index (κ1) is 15.3. The molecule has 5 heteroatoms. The maximum atomic E-state index is 12.5. The van der Waals surface area contributed by atoms with Crippen molar-refractivity contribution in [2.45, 2.75) is 26.9 Å². The predicted octanol–water partition coefficient (Wildman–Crippen LogP) is 2.47. The number of nitrogens with zero attached hydrogens (tertiary/aromatic N) is 1. The minimum absolute atomic E-state index is 0.0195. The van der Waals surface area contributed by atoms with Crippen molar-refractivity contribution < 1.29 is 13.9 Å². The molecule has 0 spiro atoms. The lowest BCUT2D eigenvalue weighted by atomic mass is 10.0. The number of ether oxygens (including phenoxy) is 1. The Hall–Kier alpha value is -2.56. The van der Waals surface area contributed by atoms with Crippen molar-refractivity contribution >= 4 is 5.91 Å². The predicted molar refractivity (Wildman–Crippen MR) is 86.0 cm³/mol. The second-order valence-corrected chi connectivity index (χ2v) is 5.99. The standard InChI is InChI=1S/C18H19NO4/c1-11-4-5-16(12(2)6-11)18(21)19-9-15(10-19)23-14-7-13(3)22-17(20)8-14/h4-8,15H,9-10H2,1-3H3. The Bertz CT molecular complexity index is 803. The summed E-state index contributed by atoms with van der Waals surface area (Å²) in [5.41, 5.74) is 2.42. The molecule has 2 heterocycles. The van der Waals surface area contributed by atoms with E-state index in [0.717, 1.165) is 16.7 Å². The van der Waals surface area contributed by atoms with Crippen LogP contribution in [0.1, 0.15) is 27.2 Å². The van der Waals surface area contributed by atoms with E-state index in [0.29, 0.717) is 24.6 Å². The number of aryl methyl sites for hydroxylation is 3. The van der Waals surface area contributed by atoms with Gasteiger partial charge >= 0.3 is 5.63 Å². The molecule has 0 N–H and O–H groups in total. The molecule has 3 rings (SSSR count). The molecule has 1 amide bonds. The summed E-state index contributed by atoms with van der Waals surface area (Å²) in [6.45, 7) is 6.69. The molecule has 1 aliphatic rings. The van der Waals surface area contributed by atoms with Crippen LogP contribution in [0.5, 0.6) is 5.75 Å². The molecule has 0 bridgehead atoms. The van der Waals surface area contributed by atoms with Gasteiger partial charge in [-0.1, -0.05) is 17.7 Å². The first-order valence-electron chi connectivity index (χ1n) is 7.57. The fourth-order valence-corrected chi connectivity index (χ4v) is 2.74. The smallest absolute Gasteiger partial charge is 0.339 e. The lowest BCUT2D eigenvalue weighted by molar-refractivity contribution is 0.0174. The van der Waals surface area contributed by atoms with Gasteiger partial charge in [0, 0.05) is 11.6 Å². The lowest BCUT2D eigenvalue weighted by Crippen LogP contribution is -2.56. The van der Waals surface area contributed by atoms with E-state index in [1.807, 2.05) is 32.0 Å². The Labute approximate surface area is 134 Å². The molecule has 0 saturated carbocycles. The molecular formula is C18H19NO4. The van der Waals surface area contributed by atoms with Gasteiger partial charge in [0.15, 0.2) is 0 Å². The Balaban J connectivity index is 1.62. The highest BCUT2D eigenvalue weighted by atomic mass is 16.5. The zero-order valence-corrected chi connectivity index (χ0v) is 13.5. The Morgan fingerprint density at radius 1 is 1.17 bits per heavy atom. The third-order valence-corrected chi connectivity index (χ3v) is 3.92. The molecule has 1 saturated heterocycles. The zero-order valence-electron chi connectivity index (χ0n) is 13.5. The Kier molecular flexibility index (Phi) is 3.94. The molecule has 0 radical (unpaired) electrons. The lowest BCUT2D eigenvalue weighted by Gasteiger charge is -2.39. The van der Waals surface area contributed by atoms with Gasteiger partial charge in [-0.3, -0.25) is 4.79 Å². The third-order valence-electron chi connectivity index (χ3n) is 3.92. The molecular weight excluding hydrogens is 294 g/mol. The van der Waals surface area contributed by atoms with Gasteiger partial charge in [0.05, 0.1) is 19.2 Å². The third kappa shape index (κ3) is 3.28. The molecule has 1 aliphatic heterocycles. The van der Waals surface area contributed by atoms with Crippen LogP contribution in [0.3, 0.4) is 0 Å². The van der Waals surface area contributed by atoms with Crippen LogP contribution < -0.4 is 10.4 Å². The molecule has 0 aliphatic carbocycles. The monoisotopic (exact) mass is 313 g/mol. The van der Waals surface area contributed by atoms with Gasteiger partial charge in [-0.05, 0) is 32.4 Å². The summed E-state index contributed by atoms with van der Waals surface area (Å²) in [5.74, 6) is 1.02. The van der Waals surface area contributed by atoms with Gasteiger partial charge < -0.3 is 14.1 Å². The van der Waals surface area contributed by atoms with Crippen molar-refractivity contribution in [2.75, 3.05) is 13.1 Å². The van der Waals surface area contributed by atoms with Gasteiger partial charge in [0.2, 0.25) is 0 Å². The largest absolute Gasteiger partial charge is 0.486 e. The topological polar surface area (TPSA) is 59.8 Å². The number of hydrogen-bond acceptors (Lipinski definition) is 4. The summed E-state index contributed by atoms with van der Waals surface area (Å²) in [4.78, 5) is 25.5. The molecule has 1 aromatic heterocycles. The first-order valence-corrected chi connectivity index (χ1v) is 7.57. The summed E-state index contributed by atoms with van der Waals surface area (Å²) in [6.07, 6.45) is -0.0918. The fraction of sp³-hybridized carbons (Fsp3) is 0.333. The van der Waals surface area contributed by atoms with Crippen LogP contribution >= 0.6 is 0 Å². The maximum absolute atomic E-state index is 12.5. The average Bonchev–Trinajstić information content (AvgIpc) is 2.40. The van der Waals surface area contributed by atoms with Crippen molar-refractivity contribution in [1.82, 2.24) is 4.90 Å². The zero-order chi connectivity index (χ0) is 16.6. The van der Waals surface area contributed by atoms with Gasteiger partial charge in [-0.15, -0.1) is 0 Å². The number of hydrogen-bond donors (Lipinski definition) is 0. The quantitative estimate of drug-likeness (QED) is 0.873. The molecule has 0 unspecified atom stereocenters. The summed E-state index contributed by atoms with van der Waals surface area (Å²) in [6, 6.07) is 8.82. The summed E-state index contributed by atoms with van der Waals surface area (Å²) in [5, 5.41) is 0. The number of carbonyl (C=O) groups excluding carboxylic acids is 1. The molecule has 120 valence electrons. The average molecular weight is 313 g/mol. The summed E-state index contributed by atoms with van der Waals surface area (Å²) in [7, 11) is 0. The summed E-state index contributed by atoms with van der Waals surface area (Å²) < 4.78 is 10.6. The Morgan fingerprint density at radius 2 is 1.91 bits per heavy atom. The SMILES string of the molecule is Cc1ccc(C(=O)N2CC(Oc3cc(C)oc(=O)c3)C2)c(C)c1. The second-order valence-electron chi connectivity index (χ2n) is 5.99. The van der Waals surface area contributed by atoms with Crippen LogP contribution in [-0.2, 0) is 0 Å². The van der Waals surface area contributed by atoms with Crippen molar-refractivity contribution in [3.8, 4) is 5.75 Å². The van der Waals surface area contributed by atoms with Crippen molar-refractivity contribution in [1.29, 1.82) is 0 Å². The van der Waals surface area contributed by atoms with Crippen LogP contribution in [0, 0.1) is 20.8 Å². The number of amides is 1. The van der Waals surface area contributed by atoms with E-state index in [2.05, 4.69) is 0 Å². The molecule has 1 aromatic carbocycles. The van der Waals surface area contributed by atoms with E-state index in [4.69, 9.17) is 9.15 Å².